The molecule has 0 radical (unpaired) electrons. The van der Waals surface area contributed by atoms with E-state index in [1.54, 1.807) is 19.2 Å². The van der Waals surface area contributed by atoms with Gasteiger partial charge in [-0.15, -0.1) is 0 Å². The van der Waals surface area contributed by atoms with Crippen LogP contribution >= 0.6 is 11.6 Å². The third-order valence-corrected chi connectivity index (χ3v) is 5.94. The molecule has 4 rings (SSSR count). The Labute approximate surface area is 175 Å². The van der Waals surface area contributed by atoms with Gasteiger partial charge in [0.05, 0.1) is 23.9 Å². The molecule has 0 saturated heterocycles. The van der Waals surface area contributed by atoms with Gasteiger partial charge in [-0.05, 0) is 36.1 Å². The monoisotopic (exact) mass is 417 g/mol. The Bertz CT molecular complexity index is 938. The Morgan fingerprint density at radius 3 is 2.97 bits per heavy atom. The van der Waals surface area contributed by atoms with Gasteiger partial charge in [-0.25, -0.2) is 4.39 Å². The van der Waals surface area contributed by atoms with Crippen LogP contribution in [0.2, 0.25) is 5.02 Å². The summed E-state index contributed by atoms with van der Waals surface area (Å²) in [6.07, 6.45) is 5.51. The first-order valence-electron chi connectivity index (χ1n) is 9.80. The predicted molar refractivity (Wildman–Crippen MR) is 112 cm³/mol. The van der Waals surface area contributed by atoms with Gasteiger partial charge in [0.25, 0.3) is 0 Å². The molecule has 0 aromatic heterocycles. The zero-order valence-corrected chi connectivity index (χ0v) is 17.4. The van der Waals surface area contributed by atoms with Crippen molar-refractivity contribution in [3.8, 4) is 0 Å². The minimum atomic E-state index is -0.434. The number of hydrogen-bond acceptors (Lipinski definition) is 5. The summed E-state index contributed by atoms with van der Waals surface area (Å²) in [5.41, 5.74) is 5.33. The summed E-state index contributed by atoms with van der Waals surface area (Å²) >= 11 is 6.03. The molecule has 0 fully saturated rings. The standard InChI is InChI=1S/C22H25ClFN3O2/c1-26-12-15(28)6-8-27-13-21(29-2)17-11-25-7-5-16(17)22(27)20(26)10-14-3-4-19(24)18(23)9-14/h3-4,9,11,13,15,28H,5-8,10,12H2,1-2H3. The van der Waals surface area contributed by atoms with Crippen molar-refractivity contribution in [2.24, 2.45) is 4.99 Å². The van der Waals surface area contributed by atoms with E-state index in [0.29, 0.717) is 25.9 Å². The summed E-state index contributed by atoms with van der Waals surface area (Å²) < 4.78 is 19.3. The highest BCUT2D eigenvalue weighted by molar-refractivity contribution is 6.30. The lowest BCUT2D eigenvalue weighted by Gasteiger charge is -2.40. The molecule has 1 aromatic carbocycles. The Morgan fingerprint density at radius 1 is 1.38 bits per heavy atom. The van der Waals surface area contributed by atoms with Crippen molar-refractivity contribution in [3.63, 3.8) is 0 Å². The number of methoxy groups -OCH3 is 1. The van der Waals surface area contributed by atoms with E-state index in [1.165, 1.54) is 11.6 Å². The SMILES string of the molecule is COC1=CN2CCC(O)CN(C)C(Cc3ccc(F)c(Cl)c3)=C2C2=C1C=NCC2. The number of aliphatic imine (C=N–C) groups is 1. The fraction of sp³-hybridized carbons (Fsp3) is 0.409. The first-order chi connectivity index (χ1) is 14.0. The molecule has 0 saturated carbocycles. The highest BCUT2D eigenvalue weighted by Gasteiger charge is 2.32. The molecule has 3 aliphatic rings. The Hall–Kier alpha value is -2.31. The summed E-state index contributed by atoms with van der Waals surface area (Å²) in [6.45, 7) is 1.97. The quantitative estimate of drug-likeness (QED) is 0.817. The van der Waals surface area contributed by atoms with Crippen LogP contribution in [0.3, 0.4) is 0 Å². The van der Waals surface area contributed by atoms with Crippen LogP contribution < -0.4 is 0 Å². The molecule has 1 N–H and O–H groups in total. The largest absolute Gasteiger partial charge is 0.495 e. The molecule has 29 heavy (non-hydrogen) atoms. The molecular formula is C22H25ClFN3O2. The molecule has 1 aromatic rings. The zero-order valence-electron chi connectivity index (χ0n) is 16.7. The number of aliphatic hydroxyl groups is 1. The average Bonchev–Trinajstić information content (AvgIpc) is 2.71. The van der Waals surface area contributed by atoms with E-state index >= 15 is 0 Å². The van der Waals surface area contributed by atoms with Gasteiger partial charge >= 0.3 is 0 Å². The zero-order chi connectivity index (χ0) is 20.5. The Kier molecular flexibility index (Phi) is 5.65. The smallest absolute Gasteiger partial charge is 0.144 e. The van der Waals surface area contributed by atoms with Crippen molar-refractivity contribution in [1.29, 1.82) is 0 Å². The van der Waals surface area contributed by atoms with Gasteiger partial charge in [0.2, 0.25) is 0 Å². The Balaban J connectivity index is 1.86. The second-order valence-electron chi connectivity index (χ2n) is 7.61. The van der Waals surface area contributed by atoms with Crippen LogP contribution in [-0.2, 0) is 11.2 Å². The van der Waals surface area contributed by atoms with Crippen molar-refractivity contribution < 1.29 is 14.2 Å². The van der Waals surface area contributed by atoms with E-state index < -0.39 is 11.9 Å². The van der Waals surface area contributed by atoms with Crippen LogP contribution in [-0.4, -0.2) is 61.0 Å². The molecule has 3 heterocycles. The fourth-order valence-electron chi connectivity index (χ4n) is 4.18. The number of rotatable bonds is 3. The number of dihydropyridines is 1. The minimum Gasteiger partial charge on any atom is -0.495 e. The normalized spacial score (nSPS) is 22.1. The topological polar surface area (TPSA) is 48.3 Å². The van der Waals surface area contributed by atoms with E-state index in [1.807, 2.05) is 19.5 Å². The number of nitrogens with zero attached hydrogens (tertiary/aromatic N) is 3. The highest BCUT2D eigenvalue weighted by Crippen LogP contribution is 2.38. The second-order valence-corrected chi connectivity index (χ2v) is 8.02. The van der Waals surface area contributed by atoms with Crippen molar-refractivity contribution in [3.05, 3.63) is 69.1 Å². The summed E-state index contributed by atoms with van der Waals surface area (Å²) in [6, 6.07) is 4.84. The maximum atomic E-state index is 13.7. The van der Waals surface area contributed by atoms with Crippen LogP contribution in [0, 0.1) is 5.82 Å². The lowest BCUT2D eigenvalue weighted by Crippen LogP contribution is -2.40. The van der Waals surface area contributed by atoms with E-state index in [2.05, 4.69) is 14.8 Å². The molecular weight excluding hydrogens is 393 g/mol. The van der Waals surface area contributed by atoms with Crippen LogP contribution in [0.5, 0.6) is 0 Å². The predicted octanol–water partition coefficient (Wildman–Crippen LogP) is 3.50. The molecule has 0 aliphatic carbocycles. The maximum absolute atomic E-state index is 13.7. The Morgan fingerprint density at radius 2 is 2.21 bits per heavy atom. The summed E-state index contributed by atoms with van der Waals surface area (Å²) in [5.74, 6) is 0.365. The van der Waals surface area contributed by atoms with E-state index in [0.717, 1.165) is 41.3 Å². The second kappa shape index (κ2) is 8.20. The van der Waals surface area contributed by atoms with Crippen molar-refractivity contribution >= 4 is 17.8 Å². The molecule has 5 nitrogen and oxygen atoms in total. The van der Waals surface area contributed by atoms with Crippen molar-refractivity contribution in [2.75, 3.05) is 33.8 Å². The number of ether oxygens (including phenoxy) is 1. The summed E-state index contributed by atoms with van der Waals surface area (Å²) in [7, 11) is 3.66. The number of benzene rings is 1. The van der Waals surface area contributed by atoms with Crippen molar-refractivity contribution in [1.82, 2.24) is 9.80 Å². The van der Waals surface area contributed by atoms with Gasteiger partial charge in [0.1, 0.15) is 11.6 Å². The number of aliphatic hydroxyl groups excluding tert-OH is 1. The van der Waals surface area contributed by atoms with Gasteiger partial charge in [-0.3, -0.25) is 4.99 Å². The van der Waals surface area contributed by atoms with Gasteiger partial charge in [-0.2, -0.15) is 0 Å². The number of β-amino-alcohol motifs (C(OH)–C–C–N with tert-alkyl or cyclic N) is 1. The first-order valence-corrected chi connectivity index (χ1v) is 10.2. The first kappa shape index (κ1) is 20.0. The molecule has 1 unspecified atom stereocenters. The van der Waals surface area contributed by atoms with Gasteiger partial charge < -0.3 is 19.6 Å². The number of fused-ring (bicyclic) bond motifs is 2. The molecule has 7 heteroatoms. The van der Waals surface area contributed by atoms with Crippen LogP contribution in [0.25, 0.3) is 0 Å². The maximum Gasteiger partial charge on any atom is 0.144 e. The molecule has 1 atom stereocenters. The molecule has 0 bridgehead atoms. The third kappa shape index (κ3) is 3.91. The molecule has 154 valence electrons. The van der Waals surface area contributed by atoms with Crippen molar-refractivity contribution in [2.45, 2.75) is 25.4 Å². The highest BCUT2D eigenvalue weighted by atomic mass is 35.5. The van der Waals surface area contributed by atoms with Crippen LogP contribution in [0.15, 0.2) is 57.7 Å². The average molecular weight is 418 g/mol. The number of allylic oxidation sites excluding steroid dienone is 3. The third-order valence-electron chi connectivity index (χ3n) is 5.65. The van der Waals surface area contributed by atoms with Crippen LogP contribution in [0.1, 0.15) is 18.4 Å². The number of likely N-dealkylation sites (N-methyl/N-ethyl adjacent to an activating group) is 1. The summed E-state index contributed by atoms with van der Waals surface area (Å²) in [4.78, 5) is 8.72. The molecule has 0 amide bonds. The fourth-order valence-corrected chi connectivity index (χ4v) is 4.38. The van der Waals surface area contributed by atoms with Gasteiger partial charge in [0.15, 0.2) is 0 Å². The van der Waals surface area contributed by atoms with E-state index in [9.17, 15) is 9.50 Å². The molecule has 3 aliphatic heterocycles. The van der Waals surface area contributed by atoms with Gasteiger partial charge in [0, 0.05) is 56.8 Å². The minimum absolute atomic E-state index is 0.119. The number of halogens is 2. The van der Waals surface area contributed by atoms with Crippen LogP contribution in [0.4, 0.5) is 4.39 Å². The summed E-state index contributed by atoms with van der Waals surface area (Å²) in [5, 5.41) is 10.6. The lowest BCUT2D eigenvalue weighted by molar-refractivity contribution is 0.113. The lowest BCUT2D eigenvalue weighted by atomic mass is 9.91. The number of hydrogen-bond donors (Lipinski definition) is 1. The molecule has 0 spiro atoms. The van der Waals surface area contributed by atoms with Gasteiger partial charge in [-0.1, -0.05) is 17.7 Å². The van der Waals surface area contributed by atoms with E-state index in [-0.39, 0.29) is 5.02 Å². The van der Waals surface area contributed by atoms with E-state index in [4.69, 9.17) is 16.3 Å².